The van der Waals surface area contributed by atoms with Crippen LogP contribution in [0.5, 0.6) is 0 Å². The van der Waals surface area contributed by atoms with Crippen LogP contribution in [0.4, 0.5) is 11.4 Å². The van der Waals surface area contributed by atoms with Gasteiger partial charge in [-0.25, -0.2) is 0 Å². The van der Waals surface area contributed by atoms with E-state index >= 15 is 0 Å². The summed E-state index contributed by atoms with van der Waals surface area (Å²) in [5.74, 6) is 0. The van der Waals surface area contributed by atoms with Gasteiger partial charge in [0.2, 0.25) is 0 Å². The first-order valence-corrected chi connectivity index (χ1v) is 3.86. The number of nitrogens with one attached hydrogen (secondary N) is 1. The van der Waals surface area contributed by atoms with Crippen LogP contribution in [0.15, 0.2) is 29.4 Å². The summed E-state index contributed by atoms with van der Waals surface area (Å²) in [5, 5.41) is 14.9. The predicted molar refractivity (Wildman–Crippen MR) is 50.8 cm³/mol. The molecule has 13 heavy (non-hydrogen) atoms. The normalized spacial score (nSPS) is 9.00. The first-order chi connectivity index (χ1) is 6.36. The summed E-state index contributed by atoms with van der Waals surface area (Å²) in [5.41, 5.74) is 9.62. The van der Waals surface area contributed by atoms with E-state index in [1.54, 1.807) is 24.3 Å². The molecule has 0 heterocycles. The Balaban J connectivity index is 2.63. The van der Waals surface area contributed by atoms with Gasteiger partial charge in [0.05, 0.1) is 6.61 Å². The highest BCUT2D eigenvalue weighted by molar-refractivity contribution is 5.50. The molecule has 0 fully saturated rings. The summed E-state index contributed by atoms with van der Waals surface area (Å²) in [4.78, 5) is 2.66. The lowest BCUT2D eigenvalue weighted by molar-refractivity contribution is 0.311. The molecule has 1 aromatic rings. The second-order valence-electron chi connectivity index (χ2n) is 2.39. The van der Waals surface area contributed by atoms with Crippen LogP contribution in [0.3, 0.4) is 0 Å². The Bertz CT molecular complexity index is 302. The maximum Gasteiger partial charge on any atom is 0.0604 e. The van der Waals surface area contributed by atoms with E-state index in [1.807, 2.05) is 0 Å². The third-order valence-electron chi connectivity index (χ3n) is 1.47. The van der Waals surface area contributed by atoms with E-state index in [1.165, 1.54) is 0 Å². The zero-order chi connectivity index (χ0) is 9.52. The van der Waals surface area contributed by atoms with Crippen molar-refractivity contribution in [3.05, 3.63) is 34.7 Å². The molecule has 0 aliphatic carbocycles. The van der Waals surface area contributed by atoms with Crippen molar-refractivity contribution in [2.45, 2.75) is 0 Å². The number of rotatable bonds is 4. The van der Waals surface area contributed by atoms with Gasteiger partial charge in [0.15, 0.2) is 0 Å². The monoisotopic (exact) mass is 178 g/mol. The third-order valence-corrected chi connectivity index (χ3v) is 1.47. The van der Waals surface area contributed by atoms with Crippen molar-refractivity contribution in [3.63, 3.8) is 0 Å². The van der Waals surface area contributed by atoms with Gasteiger partial charge < -0.3 is 10.4 Å². The molecule has 0 saturated heterocycles. The fourth-order valence-electron chi connectivity index (χ4n) is 0.898. The first-order valence-electron chi connectivity index (χ1n) is 3.86. The molecule has 0 aliphatic heterocycles. The second kappa shape index (κ2) is 5.03. The molecule has 0 aromatic heterocycles. The highest BCUT2D eigenvalue weighted by Gasteiger charge is 1.90. The maximum absolute atomic E-state index is 8.54. The van der Waals surface area contributed by atoms with E-state index in [4.69, 9.17) is 10.6 Å². The highest BCUT2D eigenvalue weighted by atomic mass is 16.3. The van der Waals surface area contributed by atoms with E-state index < -0.39 is 0 Å². The van der Waals surface area contributed by atoms with Crippen LogP contribution in [0.1, 0.15) is 0 Å². The molecule has 1 aromatic carbocycles. The van der Waals surface area contributed by atoms with Crippen LogP contribution < -0.4 is 5.32 Å². The van der Waals surface area contributed by atoms with Gasteiger partial charge in [0.25, 0.3) is 0 Å². The Morgan fingerprint density at radius 1 is 1.38 bits per heavy atom. The van der Waals surface area contributed by atoms with Gasteiger partial charge >= 0.3 is 0 Å². The van der Waals surface area contributed by atoms with Gasteiger partial charge in [-0.1, -0.05) is 17.2 Å². The van der Waals surface area contributed by atoms with Gasteiger partial charge in [0.1, 0.15) is 0 Å². The number of aliphatic hydroxyl groups is 1. The van der Waals surface area contributed by atoms with Crippen molar-refractivity contribution in [3.8, 4) is 0 Å². The van der Waals surface area contributed by atoms with Crippen molar-refractivity contribution in [2.24, 2.45) is 5.11 Å². The topological polar surface area (TPSA) is 81.0 Å². The fraction of sp³-hybridized carbons (Fsp3) is 0.250. The molecule has 1 rings (SSSR count). The number of hydrogen-bond acceptors (Lipinski definition) is 3. The molecule has 0 bridgehead atoms. The summed E-state index contributed by atoms with van der Waals surface area (Å²) in [6.45, 7) is 0.610. The first kappa shape index (κ1) is 9.38. The molecule has 5 heteroatoms. The lowest BCUT2D eigenvalue weighted by Gasteiger charge is -2.03. The quantitative estimate of drug-likeness (QED) is 0.420. The number of azide groups is 1. The van der Waals surface area contributed by atoms with E-state index in [2.05, 4.69) is 15.3 Å². The van der Waals surface area contributed by atoms with E-state index in [9.17, 15) is 0 Å². The number of hydrogen-bond donors (Lipinski definition) is 2. The minimum absolute atomic E-state index is 0.0953. The molecule has 68 valence electrons. The number of aliphatic hydroxyl groups excluding tert-OH is 1. The van der Waals surface area contributed by atoms with Crippen molar-refractivity contribution in [2.75, 3.05) is 18.5 Å². The molecule has 5 nitrogen and oxygen atoms in total. The summed E-state index contributed by atoms with van der Waals surface area (Å²) >= 11 is 0. The molecule has 2 N–H and O–H groups in total. The summed E-state index contributed by atoms with van der Waals surface area (Å²) < 4.78 is 0. The summed E-state index contributed by atoms with van der Waals surface area (Å²) in [6.07, 6.45) is 0. The Kier molecular flexibility index (Phi) is 3.63. The molecule has 0 amide bonds. The van der Waals surface area contributed by atoms with Gasteiger partial charge in [0, 0.05) is 22.8 Å². The highest BCUT2D eigenvalue weighted by Crippen LogP contribution is 2.15. The van der Waals surface area contributed by atoms with E-state index in [-0.39, 0.29) is 6.61 Å². The third kappa shape index (κ3) is 3.02. The zero-order valence-electron chi connectivity index (χ0n) is 7.01. The summed E-state index contributed by atoms with van der Waals surface area (Å²) in [7, 11) is 0. The van der Waals surface area contributed by atoms with Gasteiger partial charge in [-0.3, -0.25) is 0 Å². The standard InChI is InChI=1S/C8H10N4O/c9-12-11-8-3-1-7(2-4-8)10-5-6-13/h1-4,10,13H,5-6H2. The lowest BCUT2D eigenvalue weighted by atomic mass is 10.3. The fourth-order valence-corrected chi connectivity index (χ4v) is 0.898. The molecule has 0 radical (unpaired) electrons. The van der Waals surface area contributed by atoms with Crippen molar-refractivity contribution < 1.29 is 5.11 Å². The Morgan fingerprint density at radius 3 is 2.62 bits per heavy atom. The van der Waals surface area contributed by atoms with Gasteiger partial charge in [-0.15, -0.1) is 0 Å². The van der Waals surface area contributed by atoms with Crippen LogP contribution >= 0.6 is 0 Å². The summed E-state index contributed by atoms with van der Waals surface area (Å²) in [6, 6.07) is 7.00. The zero-order valence-corrected chi connectivity index (χ0v) is 7.01. The molecule has 0 unspecified atom stereocenters. The molecular weight excluding hydrogens is 168 g/mol. The molecule has 0 aliphatic rings. The van der Waals surface area contributed by atoms with Crippen LogP contribution in [0.25, 0.3) is 10.4 Å². The number of nitrogens with zero attached hydrogens (tertiary/aromatic N) is 3. The Labute approximate surface area is 75.6 Å². The Morgan fingerprint density at radius 2 is 2.08 bits per heavy atom. The largest absolute Gasteiger partial charge is 0.395 e. The lowest BCUT2D eigenvalue weighted by Crippen LogP contribution is -2.04. The van der Waals surface area contributed by atoms with Crippen molar-refractivity contribution >= 4 is 11.4 Å². The minimum Gasteiger partial charge on any atom is -0.395 e. The van der Waals surface area contributed by atoms with Crippen molar-refractivity contribution in [1.29, 1.82) is 0 Å². The molecule has 0 atom stereocenters. The number of anilines is 1. The number of benzene rings is 1. The van der Waals surface area contributed by atoms with E-state index in [0.717, 1.165) is 5.69 Å². The maximum atomic E-state index is 8.54. The average Bonchev–Trinajstić information content (AvgIpc) is 2.17. The van der Waals surface area contributed by atoms with Crippen LogP contribution in [-0.4, -0.2) is 18.3 Å². The Hall–Kier alpha value is -1.71. The predicted octanol–water partition coefficient (Wildman–Crippen LogP) is 2.03. The second-order valence-corrected chi connectivity index (χ2v) is 2.39. The van der Waals surface area contributed by atoms with E-state index in [0.29, 0.717) is 12.2 Å². The smallest absolute Gasteiger partial charge is 0.0604 e. The average molecular weight is 178 g/mol. The van der Waals surface area contributed by atoms with Gasteiger partial charge in [-0.2, -0.15) is 0 Å². The van der Waals surface area contributed by atoms with Gasteiger partial charge in [-0.05, 0) is 17.7 Å². The van der Waals surface area contributed by atoms with Crippen molar-refractivity contribution in [1.82, 2.24) is 0 Å². The van der Waals surface area contributed by atoms with Crippen LogP contribution in [0.2, 0.25) is 0 Å². The molecule has 0 spiro atoms. The molecular formula is C8H10N4O. The SMILES string of the molecule is [N-]=[N+]=Nc1ccc(NCCO)cc1. The van der Waals surface area contributed by atoms with Crippen LogP contribution in [-0.2, 0) is 0 Å². The molecule has 0 saturated carbocycles. The minimum atomic E-state index is 0.0953. The van der Waals surface area contributed by atoms with Crippen LogP contribution in [0, 0.1) is 0 Å².